The Balaban J connectivity index is 1.74. The molecule has 2 atom stereocenters. The maximum atomic E-state index is 13.1. The SMILES string of the molecule is CN1c2c(C#N)cc(Nc3ccc(F)cc3)cc2C2CNCCC21. The van der Waals surface area contributed by atoms with Crippen molar-refractivity contribution >= 4 is 17.1 Å². The van der Waals surface area contributed by atoms with Gasteiger partial charge < -0.3 is 15.5 Å². The van der Waals surface area contributed by atoms with Crippen molar-refractivity contribution in [3.05, 3.63) is 53.3 Å². The fourth-order valence-electron chi connectivity index (χ4n) is 3.98. The summed E-state index contributed by atoms with van der Waals surface area (Å²) in [6, 6.07) is 13.1. The predicted octanol–water partition coefficient (Wildman–Crippen LogP) is 3.34. The summed E-state index contributed by atoms with van der Waals surface area (Å²) in [7, 11) is 2.09. The summed E-state index contributed by atoms with van der Waals surface area (Å²) in [6.07, 6.45) is 1.08. The molecule has 0 spiro atoms. The van der Waals surface area contributed by atoms with Gasteiger partial charge in [-0.25, -0.2) is 4.39 Å². The van der Waals surface area contributed by atoms with Gasteiger partial charge in [-0.2, -0.15) is 5.26 Å². The van der Waals surface area contributed by atoms with Crippen LogP contribution in [-0.4, -0.2) is 26.2 Å². The minimum Gasteiger partial charge on any atom is -0.370 e. The summed E-state index contributed by atoms with van der Waals surface area (Å²) in [6.45, 7) is 1.95. The molecule has 24 heavy (non-hydrogen) atoms. The first-order valence-electron chi connectivity index (χ1n) is 8.21. The third kappa shape index (κ3) is 2.40. The molecule has 5 heteroatoms. The van der Waals surface area contributed by atoms with Crippen LogP contribution < -0.4 is 15.5 Å². The highest BCUT2D eigenvalue weighted by Gasteiger charge is 2.39. The van der Waals surface area contributed by atoms with E-state index in [1.165, 1.54) is 17.7 Å². The topological polar surface area (TPSA) is 51.1 Å². The molecule has 2 unspecified atom stereocenters. The molecule has 2 heterocycles. The van der Waals surface area contributed by atoms with E-state index in [1.54, 1.807) is 12.1 Å². The number of rotatable bonds is 2. The van der Waals surface area contributed by atoms with Gasteiger partial charge in [0.25, 0.3) is 0 Å². The normalized spacial score (nSPS) is 21.8. The summed E-state index contributed by atoms with van der Waals surface area (Å²) in [4.78, 5) is 2.26. The van der Waals surface area contributed by atoms with E-state index in [9.17, 15) is 9.65 Å². The number of nitrogens with one attached hydrogen (secondary N) is 2. The van der Waals surface area contributed by atoms with E-state index in [4.69, 9.17) is 0 Å². The third-order valence-corrected chi connectivity index (χ3v) is 5.09. The van der Waals surface area contributed by atoms with Gasteiger partial charge in [0, 0.05) is 36.9 Å². The standard InChI is InChI=1S/C19H19FN4/c1-24-18-6-7-22-11-17(18)16-9-15(8-12(10-21)19(16)24)23-14-4-2-13(20)3-5-14/h2-5,8-9,17-18,22-23H,6-7,11H2,1H3. The molecule has 4 rings (SSSR count). The van der Waals surface area contributed by atoms with Crippen molar-refractivity contribution in [1.82, 2.24) is 5.32 Å². The van der Waals surface area contributed by atoms with Gasteiger partial charge >= 0.3 is 0 Å². The van der Waals surface area contributed by atoms with Crippen LogP contribution in [0.25, 0.3) is 0 Å². The van der Waals surface area contributed by atoms with Gasteiger partial charge in [0.05, 0.1) is 11.3 Å². The van der Waals surface area contributed by atoms with Crippen LogP contribution >= 0.6 is 0 Å². The van der Waals surface area contributed by atoms with E-state index < -0.39 is 0 Å². The lowest BCUT2D eigenvalue weighted by Crippen LogP contribution is -2.42. The lowest BCUT2D eigenvalue weighted by atomic mass is 9.89. The Hall–Kier alpha value is -2.58. The van der Waals surface area contributed by atoms with Gasteiger partial charge in [-0.3, -0.25) is 0 Å². The Morgan fingerprint density at radius 1 is 1.25 bits per heavy atom. The largest absolute Gasteiger partial charge is 0.370 e. The fraction of sp³-hybridized carbons (Fsp3) is 0.316. The maximum Gasteiger partial charge on any atom is 0.123 e. The van der Waals surface area contributed by atoms with Gasteiger partial charge in [-0.05, 0) is 54.9 Å². The molecule has 4 nitrogen and oxygen atoms in total. The Morgan fingerprint density at radius 3 is 2.79 bits per heavy atom. The highest BCUT2D eigenvalue weighted by Crippen LogP contribution is 2.45. The maximum absolute atomic E-state index is 13.1. The first-order chi connectivity index (χ1) is 11.7. The molecule has 1 saturated heterocycles. The number of likely N-dealkylation sites (N-methyl/N-ethyl adjacent to an activating group) is 1. The average molecular weight is 322 g/mol. The number of hydrogen-bond donors (Lipinski definition) is 2. The second-order valence-corrected chi connectivity index (χ2v) is 6.48. The van der Waals surface area contributed by atoms with Crippen molar-refractivity contribution in [2.75, 3.05) is 30.4 Å². The smallest absolute Gasteiger partial charge is 0.123 e. The van der Waals surface area contributed by atoms with Crippen molar-refractivity contribution in [3.8, 4) is 6.07 Å². The summed E-state index contributed by atoms with van der Waals surface area (Å²) < 4.78 is 13.1. The second-order valence-electron chi connectivity index (χ2n) is 6.48. The molecule has 2 aromatic rings. The number of hydrogen-bond acceptors (Lipinski definition) is 4. The molecule has 2 N–H and O–H groups in total. The third-order valence-electron chi connectivity index (χ3n) is 5.09. The Bertz CT molecular complexity index is 809. The van der Waals surface area contributed by atoms with Gasteiger partial charge in [-0.1, -0.05) is 0 Å². The van der Waals surface area contributed by atoms with Crippen molar-refractivity contribution in [3.63, 3.8) is 0 Å². The zero-order chi connectivity index (χ0) is 16.7. The first-order valence-corrected chi connectivity index (χ1v) is 8.21. The van der Waals surface area contributed by atoms with Crippen LogP contribution in [0.5, 0.6) is 0 Å². The van der Waals surface area contributed by atoms with E-state index >= 15 is 0 Å². The quantitative estimate of drug-likeness (QED) is 0.890. The molecule has 2 aliphatic heterocycles. The summed E-state index contributed by atoms with van der Waals surface area (Å²) in [5, 5.41) is 16.4. The van der Waals surface area contributed by atoms with E-state index in [-0.39, 0.29) is 5.82 Å². The predicted molar refractivity (Wildman–Crippen MR) is 93.3 cm³/mol. The van der Waals surface area contributed by atoms with Crippen LogP contribution in [0, 0.1) is 17.1 Å². The lowest BCUT2D eigenvalue weighted by molar-refractivity contribution is 0.413. The van der Waals surface area contributed by atoms with Crippen LogP contribution in [0.2, 0.25) is 0 Å². The number of fused-ring (bicyclic) bond motifs is 3. The molecular formula is C19H19FN4. The van der Waals surface area contributed by atoms with Crippen molar-refractivity contribution in [1.29, 1.82) is 5.26 Å². The van der Waals surface area contributed by atoms with E-state index in [2.05, 4.69) is 34.7 Å². The Morgan fingerprint density at radius 2 is 2.04 bits per heavy atom. The number of benzene rings is 2. The fourth-order valence-corrected chi connectivity index (χ4v) is 3.98. The zero-order valence-electron chi connectivity index (χ0n) is 13.5. The molecule has 122 valence electrons. The van der Waals surface area contributed by atoms with Gasteiger partial charge in [0.1, 0.15) is 11.9 Å². The molecule has 2 aromatic carbocycles. The van der Waals surface area contributed by atoms with E-state index in [0.29, 0.717) is 17.5 Å². The number of anilines is 3. The van der Waals surface area contributed by atoms with E-state index in [1.807, 2.05) is 6.07 Å². The molecule has 0 aromatic heterocycles. The number of nitrogens with zero attached hydrogens (tertiary/aromatic N) is 2. The average Bonchev–Trinajstić information content (AvgIpc) is 2.90. The van der Waals surface area contributed by atoms with Crippen LogP contribution in [0.1, 0.15) is 23.5 Å². The minimum atomic E-state index is -0.259. The number of piperidine rings is 1. The van der Waals surface area contributed by atoms with Crippen LogP contribution in [0.4, 0.5) is 21.5 Å². The Labute approximate surface area is 140 Å². The van der Waals surface area contributed by atoms with Gasteiger partial charge in [0.15, 0.2) is 0 Å². The second kappa shape index (κ2) is 5.81. The molecule has 0 bridgehead atoms. The molecule has 0 aliphatic carbocycles. The van der Waals surface area contributed by atoms with Crippen molar-refractivity contribution in [2.45, 2.75) is 18.4 Å². The van der Waals surface area contributed by atoms with E-state index in [0.717, 1.165) is 36.6 Å². The zero-order valence-corrected chi connectivity index (χ0v) is 13.5. The summed E-state index contributed by atoms with van der Waals surface area (Å²) in [5.41, 5.74) is 4.65. The molecule has 2 aliphatic rings. The summed E-state index contributed by atoms with van der Waals surface area (Å²) >= 11 is 0. The van der Waals surface area contributed by atoms with Crippen molar-refractivity contribution < 1.29 is 4.39 Å². The van der Waals surface area contributed by atoms with Gasteiger partial charge in [-0.15, -0.1) is 0 Å². The monoisotopic (exact) mass is 322 g/mol. The number of halogens is 1. The van der Waals surface area contributed by atoms with Crippen molar-refractivity contribution in [2.24, 2.45) is 0 Å². The van der Waals surface area contributed by atoms with Crippen LogP contribution in [-0.2, 0) is 0 Å². The molecule has 0 amide bonds. The number of nitriles is 1. The Kier molecular flexibility index (Phi) is 3.62. The van der Waals surface area contributed by atoms with Crippen LogP contribution in [0.3, 0.4) is 0 Å². The minimum absolute atomic E-state index is 0.259. The highest BCUT2D eigenvalue weighted by atomic mass is 19.1. The van der Waals surface area contributed by atoms with Crippen LogP contribution in [0.15, 0.2) is 36.4 Å². The molecule has 0 saturated carbocycles. The molecule has 1 fully saturated rings. The lowest BCUT2D eigenvalue weighted by Gasteiger charge is -2.31. The first kappa shape index (κ1) is 15.0. The highest BCUT2D eigenvalue weighted by molar-refractivity contribution is 5.76. The summed E-state index contributed by atoms with van der Waals surface area (Å²) in [5.74, 6) is 0.144. The molecular weight excluding hydrogens is 303 g/mol. The molecule has 0 radical (unpaired) electrons. The van der Waals surface area contributed by atoms with Gasteiger partial charge in [0.2, 0.25) is 0 Å².